The van der Waals surface area contributed by atoms with Gasteiger partial charge in [0.25, 0.3) is 6.02 Å². The first-order valence-corrected chi connectivity index (χ1v) is 9.61. The van der Waals surface area contributed by atoms with Gasteiger partial charge in [-0.1, -0.05) is 54.1 Å². The Hall–Kier alpha value is -3.51. The normalized spacial score (nSPS) is 17.7. The largest absolute Gasteiger partial charge is 0.497 e. The van der Waals surface area contributed by atoms with Crippen molar-refractivity contribution in [1.82, 2.24) is 5.32 Å². The molecule has 1 aliphatic heterocycles. The Morgan fingerprint density at radius 1 is 1.07 bits per heavy atom. The number of carbonyl (C=O) groups is 1. The number of benzene rings is 3. The van der Waals surface area contributed by atoms with Gasteiger partial charge in [-0.25, -0.2) is 15.1 Å². The van der Waals surface area contributed by atoms with Gasteiger partial charge in [0.15, 0.2) is 5.54 Å². The van der Waals surface area contributed by atoms with E-state index >= 15 is 0 Å². The molecule has 7 heteroatoms. The van der Waals surface area contributed by atoms with Crippen LogP contribution >= 0.6 is 11.6 Å². The summed E-state index contributed by atoms with van der Waals surface area (Å²) in [6, 6.07) is 23.0. The molecular weight excluding hydrogens is 404 g/mol. The van der Waals surface area contributed by atoms with E-state index in [0.29, 0.717) is 5.02 Å². The van der Waals surface area contributed by atoms with Crippen LogP contribution in [-0.4, -0.2) is 30.9 Å². The number of amides is 1. The SMILES string of the molecule is COc1cccc(-c2cccc(C3(c4ccc(Cl)cc4)COC(NC(=O)O)=N3)c2)c1. The fraction of sp³-hybridized carbons (Fsp3) is 0.130. The molecule has 152 valence electrons. The van der Waals surface area contributed by atoms with Gasteiger partial charge in [-0.3, -0.25) is 0 Å². The third-order valence-electron chi connectivity index (χ3n) is 4.99. The van der Waals surface area contributed by atoms with E-state index in [-0.39, 0.29) is 12.6 Å². The standard InChI is InChI=1S/C23H19ClN2O4/c1-29-20-7-3-5-16(13-20)15-4-2-6-18(12-15)23(17-8-10-19(24)11-9-17)14-30-21(26-23)25-22(27)28/h2-13H,14H2,1H3,(H,25,26)(H,27,28). The monoisotopic (exact) mass is 422 g/mol. The van der Waals surface area contributed by atoms with Gasteiger partial charge in [-0.15, -0.1) is 0 Å². The summed E-state index contributed by atoms with van der Waals surface area (Å²) in [6.07, 6.45) is -1.23. The number of amidine groups is 1. The maximum absolute atomic E-state index is 11.1. The number of rotatable bonds is 4. The summed E-state index contributed by atoms with van der Waals surface area (Å²) in [5.74, 6) is 0.764. The quantitative estimate of drug-likeness (QED) is 0.625. The zero-order valence-electron chi connectivity index (χ0n) is 16.1. The van der Waals surface area contributed by atoms with Crippen molar-refractivity contribution in [3.05, 3.63) is 88.9 Å². The first-order chi connectivity index (χ1) is 14.5. The summed E-state index contributed by atoms with van der Waals surface area (Å²) in [7, 11) is 1.63. The highest BCUT2D eigenvalue weighted by atomic mass is 35.5. The zero-order valence-corrected chi connectivity index (χ0v) is 16.9. The lowest BCUT2D eigenvalue weighted by Gasteiger charge is -2.26. The third kappa shape index (κ3) is 3.82. The third-order valence-corrected chi connectivity index (χ3v) is 5.24. The van der Waals surface area contributed by atoms with Crippen LogP contribution in [0, 0.1) is 0 Å². The Labute approximate surface area is 178 Å². The molecule has 0 aromatic heterocycles. The maximum atomic E-state index is 11.1. The molecule has 0 saturated carbocycles. The van der Waals surface area contributed by atoms with Crippen LogP contribution in [-0.2, 0) is 10.3 Å². The van der Waals surface area contributed by atoms with Crippen LogP contribution in [0.25, 0.3) is 11.1 Å². The number of nitrogens with one attached hydrogen (secondary N) is 1. The van der Waals surface area contributed by atoms with Crippen LogP contribution in [0.3, 0.4) is 0 Å². The number of halogens is 1. The minimum absolute atomic E-state index is 0.0377. The predicted octanol–water partition coefficient (Wildman–Crippen LogP) is 4.91. The summed E-state index contributed by atoms with van der Waals surface area (Å²) in [5, 5.41) is 11.9. The number of nitrogens with zero attached hydrogens (tertiary/aromatic N) is 1. The summed E-state index contributed by atoms with van der Waals surface area (Å²) >= 11 is 6.07. The van der Waals surface area contributed by atoms with Crippen molar-refractivity contribution in [1.29, 1.82) is 0 Å². The molecule has 0 spiro atoms. The number of ether oxygens (including phenoxy) is 2. The van der Waals surface area contributed by atoms with Gasteiger partial charge in [0.2, 0.25) is 0 Å². The van der Waals surface area contributed by atoms with Crippen molar-refractivity contribution < 1.29 is 19.4 Å². The molecule has 1 amide bonds. The highest BCUT2D eigenvalue weighted by Crippen LogP contribution is 2.39. The molecule has 1 unspecified atom stereocenters. The molecule has 1 aliphatic rings. The smallest absolute Gasteiger partial charge is 0.412 e. The first-order valence-electron chi connectivity index (χ1n) is 9.24. The Kier molecular flexibility index (Phi) is 5.33. The Bertz CT molecular complexity index is 1110. The van der Waals surface area contributed by atoms with Gasteiger partial charge in [-0.2, -0.15) is 0 Å². The van der Waals surface area contributed by atoms with E-state index in [1.165, 1.54) is 0 Å². The van der Waals surface area contributed by atoms with Crippen molar-refractivity contribution in [2.45, 2.75) is 5.54 Å². The lowest BCUT2D eigenvalue weighted by atomic mass is 9.83. The molecule has 3 aromatic carbocycles. The van der Waals surface area contributed by atoms with Gasteiger partial charge in [0.1, 0.15) is 12.4 Å². The van der Waals surface area contributed by atoms with Gasteiger partial charge in [-0.05, 0) is 52.6 Å². The second kappa shape index (κ2) is 8.08. The van der Waals surface area contributed by atoms with Crippen LogP contribution in [0.2, 0.25) is 5.02 Å². The zero-order chi connectivity index (χ0) is 21.1. The minimum atomic E-state index is -1.23. The van der Waals surface area contributed by atoms with Gasteiger partial charge < -0.3 is 14.6 Å². The number of carboxylic acid groups (broad SMARTS) is 1. The number of methoxy groups -OCH3 is 1. The van der Waals surface area contributed by atoms with E-state index in [9.17, 15) is 4.79 Å². The minimum Gasteiger partial charge on any atom is -0.497 e. The van der Waals surface area contributed by atoms with Crippen LogP contribution in [0.15, 0.2) is 77.8 Å². The molecule has 30 heavy (non-hydrogen) atoms. The topological polar surface area (TPSA) is 80.2 Å². The van der Waals surface area contributed by atoms with Crippen LogP contribution < -0.4 is 10.1 Å². The Balaban J connectivity index is 1.83. The van der Waals surface area contributed by atoms with E-state index in [1.807, 2.05) is 60.7 Å². The van der Waals surface area contributed by atoms with Crippen molar-refractivity contribution >= 4 is 23.7 Å². The molecule has 0 bridgehead atoms. The lowest BCUT2D eigenvalue weighted by molar-refractivity contribution is 0.195. The highest BCUT2D eigenvalue weighted by molar-refractivity contribution is 6.30. The van der Waals surface area contributed by atoms with Gasteiger partial charge in [0, 0.05) is 5.02 Å². The fourth-order valence-corrected chi connectivity index (χ4v) is 3.64. The second-order valence-corrected chi connectivity index (χ2v) is 7.25. The summed E-state index contributed by atoms with van der Waals surface area (Å²) in [5.41, 5.74) is 2.78. The second-order valence-electron chi connectivity index (χ2n) is 6.82. The van der Waals surface area contributed by atoms with Gasteiger partial charge in [0.05, 0.1) is 7.11 Å². The highest BCUT2D eigenvalue weighted by Gasteiger charge is 2.41. The van der Waals surface area contributed by atoms with E-state index in [0.717, 1.165) is 28.0 Å². The number of hydrogen-bond acceptors (Lipinski definition) is 4. The lowest BCUT2D eigenvalue weighted by Crippen LogP contribution is -2.28. The van der Waals surface area contributed by atoms with Crippen molar-refractivity contribution in [3.8, 4) is 16.9 Å². The predicted molar refractivity (Wildman–Crippen MR) is 115 cm³/mol. The molecule has 0 fully saturated rings. The average Bonchev–Trinajstić information content (AvgIpc) is 3.18. The fourth-order valence-electron chi connectivity index (χ4n) is 3.51. The summed E-state index contributed by atoms with van der Waals surface area (Å²) in [6.45, 7) is 0.159. The maximum Gasteiger partial charge on any atom is 0.412 e. The van der Waals surface area contributed by atoms with E-state index in [1.54, 1.807) is 19.2 Å². The van der Waals surface area contributed by atoms with E-state index in [2.05, 4.69) is 10.3 Å². The first kappa shape index (κ1) is 19.8. The molecule has 6 nitrogen and oxygen atoms in total. The van der Waals surface area contributed by atoms with E-state index in [4.69, 9.17) is 26.2 Å². The van der Waals surface area contributed by atoms with E-state index < -0.39 is 11.6 Å². The summed E-state index contributed by atoms with van der Waals surface area (Å²) in [4.78, 5) is 15.7. The van der Waals surface area contributed by atoms with Crippen LogP contribution in [0.4, 0.5) is 4.79 Å². The molecule has 3 aromatic rings. The Morgan fingerprint density at radius 2 is 1.77 bits per heavy atom. The molecule has 4 rings (SSSR count). The molecule has 2 N–H and O–H groups in total. The van der Waals surface area contributed by atoms with Crippen LogP contribution in [0.5, 0.6) is 5.75 Å². The molecule has 0 aliphatic carbocycles. The van der Waals surface area contributed by atoms with Gasteiger partial charge >= 0.3 is 6.09 Å². The number of hydrogen-bond donors (Lipinski definition) is 2. The molecule has 0 saturated heterocycles. The van der Waals surface area contributed by atoms with Crippen molar-refractivity contribution in [2.24, 2.45) is 4.99 Å². The average molecular weight is 423 g/mol. The summed E-state index contributed by atoms with van der Waals surface area (Å²) < 4.78 is 10.9. The molecule has 1 heterocycles. The van der Waals surface area contributed by atoms with Crippen molar-refractivity contribution in [2.75, 3.05) is 13.7 Å². The van der Waals surface area contributed by atoms with Crippen LogP contribution in [0.1, 0.15) is 11.1 Å². The Morgan fingerprint density at radius 3 is 2.47 bits per heavy atom. The molecular formula is C23H19ClN2O4. The van der Waals surface area contributed by atoms with Crippen molar-refractivity contribution in [3.63, 3.8) is 0 Å². The molecule has 1 atom stereocenters. The molecule has 0 radical (unpaired) electrons. The number of aliphatic imine (C=N–C) groups is 1.